The molecular weight excluding hydrogens is 285 g/mol. The van der Waals surface area contributed by atoms with E-state index in [0.29, 0.717) is 29.6 Å². The minimum atomic E-state index is -0.453. The third-order valence-electron chi connectivity index (χ3n) is 4.20. The Labute approximate surface area is 126 Å². The molecule has 2 aromatic rings. The first kappa shape index (κ1) is 14.7. The summed E-state index contributed by atoms with van der Waals surface area (Å²) in [6.07, 6.45) is 2.85. The molecule has 1 aliphatic heterocycles. The number of fused-ring (bicyclic) bond motifs is 1. The number of H-pyrrole nitrogens is 1. The van der Waals surface area contributed by atoms with Gasteiger partial charge in [-0.15, -0.1) is 0 Å². The lowest BCUT2D eigenvalue weighted by Crippen LogP contribution is -2.47. The average molecular weight is 303 g/mol. The topological polar surface area (TPSA) is 79.2 Å². The molecule has 3 N–H and O–H groups in total. The van der Waals surface area contributed by atoms with E-state index in [0.717, 1.165) is 19.3 Å². The fourth-order valence-electron chi connectivity index (χ4n) is 3.08. The van der Waals surface area contributed by atoms with Gasteiger partial charge in [0.05, 0.1) is 11.1 Å². The molecule has 0 aliphatic carbocycles. The van der Waals surface area contributed by atoms with E-state index in [-0.39, 0.29) is 11.9 Å². The molecule has 22 heavy (non-hydrogen) atoms. The number of aromatic amines is 1. The van der Waals surface area contributed by atoms with E-state index < -0.39 is 11.4 Å². The number of nitrogens with one attached hydrogen (secondary N) is 1. The molecule has 2 heterocycles. The highest BCUT2D eigenvalue weighted by atomic mass is 19.1. The van der Waals surface area contributed by atoms with E-state index in [9.17, 15) is 14.0 Å². The summed E-state index contributed by atoms with van der Waals surface area (Å²) in [6, 6.07) is 5.31. The van der Waals surface area contributed by atoms with Gasteiger partial charge in [0.1, 0.15) is 5.82 Å². The van der Waals surface area contributed by atoms with Gasteiger partial charge in [0.2, 0.25) is 5.56 Å². The van der Waals surface area contributed by atoms with Gasteiger partial charge in [-0.3, -0.25) is 9.59 Å². The Hall–Kier alpha value is -2.21. The van der Waals surface area contributed by atoms with Gasteiger partial charge in [0, 0.05) is 30.6 Å². The zero-order valence-corrected chi connectivity index (χ0v) is 12.1. The number of piperidine rings is 1. The number of benzene rings is 1. The first-order chi connectivity index (χ1) is 10.6. The summed E-state index contributed by atoms with van der Waals surface area (Å²) in [6.45, 7) is 1.04. The Bertz CT molecular complexity index is 772. The van der Waals surface area contributed by atoms with Crippen LogP contribution in [0.1, 0.15) is 29.6 Å². The number of nitrogens with two attached hydrogens (primary N) is 1. The molecule has 1 fully saturated rings. The summed E-state index contributed by atoms with van der Waals surface area (Å²) in [4.78, 5) is 28.9. The minimum Gasteiger partial charge on any atom is -0.334 e. The summed E-state index contributed by atoms with van der Waals surface area (Å²) >= 11 is 0. The zero-order chi connectivity index (χ0) is 15.7. The van der Waals surface area contributed by atoms with Crippen molar-refractivity contribution >= 4 is 16.8 Å². The third-order valence-corrected chi connectivity index (χ3v) is 4.20. The van der Waals surface area contributed by atoms with E-state index >= 15 is 0 Å². The highest BCUT2D eigenvalue weighted by Crippen LogP contribution is 2.22. The van der Waals surface area contributed by atoms with Crippen LogP contribution in [0.5, 0.6) is 0 Å². The normalized spacial score (nSPS) is 18.6. The molecule has 1 aromatic heterocycles. The van der Waals surface area contributed by atoms with E-state index in [1.807, 2.05) is 0 Å². The van der Waals surface area contributed by atoms with Crippen molar-refractivity contribution in [2.75, 3.05) is 13.1 Å². The van der Waals surface area contributed by atoms with Gasteiger partial charge in [-0.1, -0.05) is 0 Å². The number of hydrogen-bond acceptors (Lipinski definition) is 3. The molecule has 1 aromatic carbocycles. The van der Waals surface area contributed by atoms with Gasteiger partial charge in [-0.2, -0.15) is 0 Å². The molecule has 1 atom stereocenters. The summed E-state index contributed by atoms with van der Waals surface area (Å²) in [5.74, 6) is -0.664. The monoisotopic (exact) mass is 303 g/mol. The quantitative estimate of drug-likeness (QED) is 0.885. The second-order valence-electron chi connectivity index (χ2n) is 5.62. The predicted molar refractivity (Wildman–Crippen MR) is 82.3 cm³/mol. The number of hydrogen-bond donors (Lipinski definition) is 2. The van der Waals surface area contributed by atoms with Crippen LogP contribution in [-0.2, 0) is 0 Å². The van der Waals surface area contributed by atoms with E-state index in [1.54, 1.807) is 4.90 Å². The highest BCUT2D eigenvalue weighted by Gasteiger charge is 2.27. The molecule has 1 saturated heterocycles. The summed E-state index contributed by atoms with van der Waals surface area (Å²) < 4.78 is 13.3. The van der Waals surface area contributed by atoms with Crippen LogP contribution in [0.4, 0.5) is 4.39 Å². The second-order valence-corrected chi connectivity index (χ2v) is 5.62. The predicted octanol–water partition coefficient (Wildman–Crippen LogP) is 1.62. The highest BCUT2D eigenvalue weighted by molar-refractivity contribution is 6.06. The van der Waals surface area contributed by atoms with Crippen molar-refractivity contribution in [1.29, 1.82) is 0 Å². The maximum Gasteiger partial charge on any atom is 0.255 e. The SMILES string of the molecule is NCC1CCCCN1C(=O)c1cc(=O)[nH]c2cc(F)ccc12. The minimum absolute atomic E-state index is 0.00367. The van der Waals surface area contributed by atoms with Crippen LogP contribution in [-0.4, -0.2) is 34.9 Å². The van der Waals surface area contributed by atoms with Crippen molar-refractivity contribution in [3.05, 3.63) is 46.0 Å². The number of halogens is 1. The lowest BCUT2D eigenvalue weighted by atomic mass is 10.00. The Kier molecular flexibility index (Phi) is 3.94. The molecule has 0 bridgehead atoms. The summed E-state index contributed by atoms with van der Waals surface area (Å²) in [7, 11) is 0. The van der Waals surface area contributed by atoms with Crippen molar-refractivity contribution in [3.8, 4) is 0 Å². The lowest BCUT2D eigenvalue weighted by molar-refractivity contribution is 0.0625. The maximum absolute atomic E-state index is 13.3. The molecule has 6 heteroatoms. The van der Waals surface area contributed by atoms with E-state index in [4.69, 9.17) is 5.73 Å². The molecule has 0 radical (unpaired) electrons. The molecule has 1 aliphatic rings. The van der Waals surface area contributed by atoms with Gasteiger partial charge in [0.15, 0.2) is 0 Å². The summed E-state index contributed by atoms with van der Waals surface area (Å²) in [5, 5.41) is 0.548. The molecule has 116 valence electrons. The smallest absolute Gasteiger partial charge is 0.255 e. The molecule has 5 nitrogen and oxygen atoms in total. The van der Waals surface area contributed by atoms with Crippen LogP contribution in [0.2, 0.25) is 0 Å². The number of rotatable bonds is 2. The fourth-order valence-corrected chi connectivity index (χ4v) is 3.08. The largest absolute Gasteiger partial charge is 0.334 e. The van der Waals surface area contributed by atoms with Crippen molar-refractivity contribution in [1.82, 2.24) is 9.88 Å². The number of nitrogens with zero attached hydrogens (tertiary/aromatic N) is 1. The fraction of sp³-hybridized carbons (Fsp3) is 0.375. The lowest BCUT2D eigenvalue weighted by Gasteiger charge is -2.35. The van der Waals surface area contributed by atoms with Crippen LogP contribution in [0, 0.1) is 5.82 Å². The van der Waals surface area contributed by atoms with Crippen molar-refractivity contribution in [2.45, 2.75) is 25.3 Å². The van der Waals surface area contributed by atoms with Crippen molar-refractivity contribution in [3.63, 3.8) is 0 Å². The van der Waals surface area contributed by atoms with Crippen LogP contribution in [0.25, 0.3) is 10.9 Å². The van der Waals surface area contributed by atoms with Crippen molar-refractivity contribution < 1.29 is 9.18 Å². The standard InChI is InChI=1S/C16H18FN3O2/c17-10-4-5-12-13(8-15(21)19-14(12)7-10)16(22)20-6-2-1-3-11(20)9-18/h4-5,7-8,11H,1-3,6,9,18H2,(H,19,21). The third kappa shape index (κ3) is 2.62. The molecular formula is C16H18FN3O2. The number of carbonyl (C=O) groups is 1. The first-order valence-corrected chi connectivity index (χ1v) is 7.44. The van der Waals surface area contributed by atoms with Crippen molar-refractivity contribution in [2.24, 2.45) is 5.73 Å². The van der Waals surface area contributed by atoms with Crippen LogP contribution >= 0.6 is 0 Å². The number of amides is 1. The van der Waals surface area contributed by atoms with E-state index in [1.165, 1.54) is 24.3 Å². The van der Waals surface area contributed by atoms with Gasteiger partial charge in [0.25, 0.3) is 5.91 Å². The van der Waals surface area contributed by atoms with Gasteiger partial charge < -0.3 is 15.6 Å². The number of pyridine rings is 1. The summed E-state index contributed by atoms with van der Waals surface area (Å²) in [5.41, 5.74) is 5.98. The average Bonchev–Trinajstić information content (AvgIpc) is 2.52. The molecule has 1 amide bonds. The first-order valence-electron chi connectivity index (χ1n) is 7.44. The molecule has 0 saturated carbocycles. The molecule has 1 unspecified atom stereocenters. The van der Waals surface area contributed by atoms with E-state index in [2.05, 4.69) is 4.98 Å². The molecule has 0 spiro atoms. The van der Waals surface area contributed by atoms with Crippen LogP contribution in [0.15, 0.2) is 29.1 Å². The Morgan fingerprint density at radius 2 is 2.18 bits per heavy atom. The van der Waals surface area contributed by atoms with Gasteiger partial charge in [-0.05, 0) is 37.5 Å². The Balaban J connectivity index is 2.08. The second kappa shape index (κ2) is 5.88. The number of aromatic nitrogens is 1. The zero-order valence-electron chi connectivity index (χ0n) is 12.1. The van der Waals surface area contributed by atoms with Gasteiger partial charge in [-0.25, -0.2) is 4.39 Å². The van der Waals surface area contributed by atoms with Crippen LogP contribution in [0.3, 0.4) is 0 Å². The Morgan fingerprint density at radius 1 is 1.36 bits per heavy atom. The molecule has 3 rings (SSSR count). The Morgan fingerprint density at radius 3 is 2.95 bits per heavy atom. The number of carbonyl (C=O) groups excluding carboxylic acids is 1. The number of likely N-dealkylation sites (tertiary alicyclic amines) is 1. The van der Waals surface area contributed by atoms with Crippen LogP contribution < -0.4 is 11.3 Å². The maximum atomic E-state index is 13.3. The van der Waals surface area contributed by atoms with Gasteiger partial charge >= 0.3 is 0 Å².